The molecule has 2 aromatic rings. The maximum Gasteiger partial charge on any atom is 0.391 e. The summed E-state index contributed by atoms with van der Waals surface area (Å²) in [5.74, 6) is -1.15. The highest BCUT2D eigenvalue weighted by Gasteiger charge is 2.42. The Balaban J connectivity index is 1.46. The average Bonchev–Trinajstić information content (AvgIpc) is 3.21. The van der Waals surface area contributed by atoms with Crippen molar-refractivity contribution in [1.29, 1.82) is 0 Å². The first-order valence-electron chi connectivity index (χ1n) is 10.0. The molecular weight excluding hydrogens is 449 g/mol. The van der Waals surface area contributed by atoms with Crippen LogP contribution in [0.3, 0.4) is 0 Å². The number of benzene rings is 2. The van der Waals surface area contributed by atoms with Gasteiger partial charge in [0.1, 0.15) is 0 Å². The van der Waals surface area contributed by atoms with Crippen LogP contribution in [0.2, 0.25) is 0 Å². The summed E-state index contributed by atoms with van der Waals surface area (Å²) in [6.45, 7) is 0.0490. The molecule has 7 nitrogen and oxygen atoms in total. The van der Waals surface area contributed by atoms with Crippen LogP contribution < -0.4 is 19.5 Å². The summed E-state index contributed by atoms with van der Waals surface area (Å²) in [5.41, 5.74) is 0.303. The molecule has 2 atom stereocenters. The number of amides is 1. The van der Waals surface area contributed by atoms with Gasteiger partial charge in [-0.05, 0) is 49.6 Å². The minimum Gasteiger partial charge on any atom is -0.454 e. The van der Waals surface area contributed by atoms with Crippen molar-refractivity contribution < 1.29 is 35.9 Å². The van der Waals surface area contributed by atoms with Crippen molar-refractivity contribution in [3.8, 4) is 11.5 Å². The Bertz CT molecular complexity index is 1120. The summed E-state index contributed by atoms with van der Waals surface area (Å²) in [7, 11) is -4.02. The predicted octanol–water partition coefficient (Wildman–Crippen LogP) is 4.07. The topological polar surface area (TPSA) is 93.7 Å². The molecule has 11 heteroatoms. The Morgan fingerprint density at radius 1 is 1.03 bits per heavy atom. The van der Waals surface area contributed by atoms with Crippen LogP contribution in [0.1, 0.15) is 36.0 Å². The van der Waals surface area contributed by atoms with Gasteiger partial charge in [0.2, 0.25) is 6.79 Å². The second-order valence-corrected chi connectivity index (χ2v) is 9.46. The minimum absolute atomic E-state index is 0.0488. The molecule has 4 rings (SSSR count). The van der Waals surface area contributed by atoms with Gasteiger partial charge in [-0.3, -0.25) is 9.52 Å². The van der Waals surface area contributed by atoms with Crippen molar-refractivity contribution in [1.82, 2.24) is 5.32 Å². The Morgan fingerprint density at radius 3 is 2.59 bits per heavy atom. The third kappa shape index (κ3) is 4.93. The molecule has 1 saturated carbocycles. The van der Waals surface area contributed by atoms with Gasteiger partial charge in [0.15, 0.2) is 11.5 Å². The highest BCUT2D eigenvalue weighted by atomic mass is 32.2. The summed E-state index contributed by atoms with van der Waals surface area (Å²) in [4.78, 5) is 12.4. The Kier molecular flexibility index (Phi) is 5.93. The van der Waals surface area contributed by atoms with E-state index in [1.807, 2.05) is 0 Å². The zero-order chi connectivity index (χ0) is 22.9. The van der Waals surface area contributed by atoms with Gasteiger partial charge in [-0.2, -0.15) is 13.2 Å². The van der Waals surface area contributed by atoms with Gasteiger partial charge < -0.3 is 14.8 Å². The number of rotatable bonds is 5. The second-order valence-electron chi connectivity index (χ2n) is 7.78. The van der Waals surface area contributed by atoms with Crippen LogP contribution in [0, 0.1) is 5.92 Å². The number of halogens is 3. The van der Waals surface area contributed by atoms with E-state index >= 15 is 0 Å². The molecule has 1 amide bonds. The largest absolute Gasteiger partial charge is 0.454 e. The second kappa shape index (κ2) is 8.53. The molecule has 0 unspecified atom stereocenters. The number of hydrogen-bond donors (Lipinski definition) is 2. The number of anilines is 1. The first-order valence-corrected chi connectivity index (χ1v) is 11.5. The maximum absolute atomic E-state index is 13.0. The maximum atomic E-state index is 13.0. The van der Waals surface area contributed by atoms with Crippen LogP contribution in [-0.2, 0) is 10.0 Å². The van der Waals surface area contributed by atoms with Crippen LogP contribution in [0.25, 0.3) is 0 Å². The van der Waals surface area contributed by atoms with Gasteiger partial charge in [-0.15, -0.1) is 0 Å². The van der Waals surface area contributed by atoms with Gasteiger partial charge in [0.05, 0.1) is 16.5 Å². The van der Waals surface area contributed by atoms with E-state index < -0.39 is 34.1 Å². The van der Waals surface area contributed by atoms with E-state index in [0.29, 0.717) is 24.3 Å². The van der Waals surface area contributed by atoms with Crippen molar-refractivity contribution in [2.45, 2.75) is 42.8 Å². The normalized spacial score (nSPS) is 20.6. The summed E-state index contributed by atoms with van der Waals surface area (Å²) in [5, 5.41) is 2.61. The highest BCUT2D eigenvalue weighted by molar-refractivity contribution is 7.92. The van der Waals surface area contributed by atoms with Crippen molar-refractivity contribution >= 4 is 21.6 Å². The van der Waals surface area contributed by atoms with E-state index in [2.05, 4.69) is 10.0 Å². The SMILES string of the molecule is O=C(N[C@H]1CCC[C@H](C(F)(F)F)C1)c1cccc(S(=O)(=O)Nc2ccc3c(c2)OCO3)c1. The first-order chi connectivity index (χ1) is 15.1. The van der Waals surface area contributed by atoms with Gasteiger partial charge in [0, 0.05) is 17.7 Å². The molecule has 1 heterocycles. The molecule has 2 aromatic carbocycles. The van der Waals surface area contributed by atoms with Crippen molar-refractivity contribution in [3.05, 3.63) is 48.0 Å². The quantitative estimate of drug-likeness (QED) is 0.687. The van der Waals surface area contributed by atoms with E-state index in [4.69, 9.17) is 9.47 Å². The molecule has 2 N–H and O–H groups in total. The molecule has 1 aliphatic carbocycles. The lowest BCUT2D eigenvalue weighted by Gasteiger charge is -2.31. The fourth-order valence-electron chi connectivity index (χ4n) is 3.87. The summed E-state index contributed by atoms with van der Waals surface area (Å²) in [6, 6.07) is 9.29. The minimum atomic E-state index is -4.29. The smallest absolute Gasteiger partial charge is 0.391 e. The summed E-state index contributed by atoms with van der Waals surface area (Å²) >= 11 is 0. The third-order valence-electron chi connectivity index (χ3n) is 5.50. The summed E-state index contributed by atoms with van der Waals surface area (Å²) < 4.78 is 77.4. The third-order valence-corrected chi connectivity index (χ3v) is 6.88. The molecule has 1 fully saturated rings. The van der Waals surface area contributed by atoms with E-state index in [9.17, 15) is 26.4 Å². The lowest BCUT2D eigenvalue weighted by molar-refractivity contribution is -0.183. The number of fused-ring (bicyclic) bond motifs is 1. The molecule has 0 spiro atoms. The number of sulfonamides is 1. The van der Waals surface area contributed by atoms with Crippen LogP contribution in [0.5, 0.6) is 11.5 Å². The molecule has 2 aliphatic rings. The Morgan fingerprint density at radius 2 is 1.81 bits per heavy atom. The van der Waals surface area contributed by atoms with Crippen molar-refractivity contribution in [2.24, 2.45) is 5.92 Å². The highest BCUT2D eigenvalue weighted by Crippen LogP contribution is 2.38. The van der Waals surface area contributed by atoms with Gasteiger partial charge >= 0.3 is 6.18 Å². The molecular formula is C21H21F3N2O5S. The summed E-state index contributed by atoms with van der Waals surface area (Å²) in [6.07, 6.45) is -3.61. The molecule has 0 saturated heterocycles. The average molecular weight is 470 g/mol. The van der Waals surface area contributed by atoms with Gasteiger partial charge in [0.25, 0.3) is 15.9 Å². The molecule has 0 aromatic heterocycles. The Hall–Kier alpha value is -2.95. The van der Waals surface area contributed by atoms with Gasteiger partial charge in [-0.1, -0.05) is 12.5 Å². The Labute approximate surface area is 183 Å². The number of alkyl halides is 3. The fraction of sp³-hybridized carbons (Fsp3) is 0.381. The number of hydrogen-bond acceptors (Lipinski definition) is 5. The number of carbonyl (C=O) groups excluding carboxylic acids is 1. The van der Waals surface area contributed by atoms with Crippen LogP contribution >= 0.6 is 0 Å². The zero-order valence-corrected chi connectivity index (χ0v) is 17.6. The molecule has 0 bridgehead atoms. The number of ether oxygens (including phenoxy) is 2. The lowest BCUT2D eigenvalue weighted by atomic mass is 9.85. The molecule has 0 radical (unpaired) electrons. The van der Waals surface area contributed by atoms with Crippen molar-refractivity contribution in [2.75, 3.05) is 11.5 Å². The molecule has 172 valence electrons. The van der Waals surface area contributed by atoms with Crippen molar-refractivity contribution in [3.63, 3.8) is 0 Å². The monoisotopic (exact) mass is 470 g/mol. The number of nitrogens with one attached hydrogen (secondary N) is 2. The van der Waals surface area contributed by atoms with Crippen LogP contribution in [0.15, 0.2) is 47.4 Å². The molecule has 1 aliphatic heterocycles. The van der Waals surface area contributed by atoms with E-state index in [1.54, 1.807) is 6.07 Å². The van der Waals surface area contributed by atoms with E-state index in [-0.39, 0.29) is 35.8 Å². The number of carbonyl (C=O) groups is 1. The van der Waals surface area contributed by atoms with E-state index in [0.717, 1.165) is 0 Å². The van der Waals surface area contributed by atoms with E-state index in [1.165, 1.54) is 36.4 Å². The fourth-order valence-corrected chi connectivity index (χ4v) is 4.96. The predicted molar refractivity (Wildman–Crippen MR) is 109 cm³/mol. The lowest BCUT2D eigenvalue weighted by Crippen LogP contribution is -2.41. The van der Waals surface area contributed by atoms with Crippen LogP contribution in [0.4, 0.5) is 18.9 Å². The van der Waals surface area contributed by atoms with Crippen LogP contribution in [-0.4, -0.2) is 33.3 Å². The zero-order valence-electron chi connectivity index (χ0n) is 16.8. The standard InChI is InChI=1S/C21H21F3N2O5S/c22-21(23,24)14-4-2-5-15(10-14)25-20(27)13-3-1-6-17(9-13)32(28,29)26-16-7-8-18-19(11-16)31-12-30-18/h1,3,6-9,11,14-15,26H,2,4-5,10,12H2,(H,25,27)/t14-,15-/m0/s1. The van der Waals surface area contributed by atoms with Gasteiger partial charge in [-0.25, -0.2) is 8.42 Å². The first kappa shape index (κ1) is 22.3. The molecule has 32 heavy (non-hydrogen) atoms.